The maximum atomic E-state index is 2.28. The number of hydrogen-bond acceptors (Lipinski definition) is 0. The van der Waals surface area contributed by atoms with Crippen molar-refractivity contribution in [1.29, 1.82) is 0 Å². The summed E-state index contributed by atoms with van der Waals surface area (Å²) >= 11 is 0. The molecule has 3 aromatic carbocycles. The molecule has 0 N–H and O–H groups in total. The Morgan fingerprint density at radius 3 is 2.33 bits per heavy atom. The van der Waals surface area contributed by atoms with Crippen LogP contribution in [-0.2, 0) is 0 Å². The molecule has 0 aliphatic heterocycles. The molecule has 84 valence electrons. The SMILES string of the molecule is C1=Cc2cccc3c2c(cc2ccccc23)C=C1. The Morgan fingerprint density at radius 1 is 0.611 bits per heavy atom. The zero-order valence-corrected chi connectivity index (χ0v) is 9.93. The van der Waals surface area contributed by atoms with Crippen molar-refractivity contribution in [2.24, 2.45) is 0 Å². The Balaban J connectivity index is 2.34. The minimum absolute atomic E-state index is 1.30. The van der Waals surface area contributed by atoms with Crippen LogP contribution in [0.15, 0.2) is 60.7 Å². The molecule has 0 spiro atoms. The molecule has 18 heavy (non-hydrogen) atoms. The molecule has 1 aliphatic rings. The van der Waals surface area contributed by atoms with Crippen LogP contribution in [0.3, 0.4) is 0 Å². The first-order valence-corrected chi connectivity index (χ1v) is 6.23. The topological polar surface area (TPSA) is 0 Å². The van der Waals surface area contributed by atoms with Gasteiger partial charge in [-0.3, -0.25) is 0 Å². The predicted molar refractivity (Wildman–Crippen MR) is 79.5 cm³/mol. The highest BCUT2D eigenvalue weighted by Gasteiger charge is 2.08. The van der Waals surface area contributed by atoms with E-state index in [9.17, 15) is 0 Å². The summed E-state index contributed by atoms with van der Waals surface area (Å²) in [5, 5.41) is 5.35. The van der Waals surface area contributed by atoms with E-state index in [0.717, 1.165) is 0 Å². The molecule has 0 atom stereocenters. The number of rotatable bonds is 0. The van der Waals surface area contributed by atoms with Crippen LogP contribution in [0.1, 0.15) is 11.1 Å². The normalized spacial score (nSPS) is 13.1. The Morgan fingerprint density at radius 2 is 1.39 bits per heavy atom. The predicted octanol–water partition coefficient (Wildman–Crippen LogP) is 5.03. The van der Waals surface area contributed by atoms with Gasteiger partial charge in [0.2, 0.25) is 0 Å². The van der Waals surface area contributed by atoms with E-state index in [1.54, 1.807) is 0 Å². The first-order chi connectivity index (χ1) is 8.93. The van der Waals surface area contributed by atoms with Crippen LogP contribution in [0.4, 0.5) is 0 Å². The number of hydrogen-bond donors (Lipinski definition) is 0. The second kappa shape index (κ2) is 3.58. The van der Waals surface area contributed by atoms with Crippen molar-refractivity contribution in [3.05, 3.63) is 71.8 Å². The van der Waals surface area contributed by atoms with Gasteiger partial charge < -0.3 is 0 Å². The largest absolute Gasteiger partial charge is 0.0616 e. The molecule has 0 saturated heterocycles. The van der Waals surface area contributed by atoms with Gasteiger partial charge in [-0.15, -0.1) is 0 Å². The highest BCUT2D eigenvalue weighted by Crippen LogP contribution is 2.33. The molecule has 0 radical (unpaired) electrons. The molecule has 0 saturated carbocycles. The van der Waals surface area contributed by atoms with Crippen molar-refractivity contribution >= 4 is 33.7 Å². The average Bonchev–Trinajstić information content (AvgIpc) is 2.63. The third-order valence-corrected chi connectivity index (χ3v) is 3.61. The number of allylic oxidation sites excluding steroid dienone is 2. The van der Waals surface area contributed by atoms with Gasteiger partial charge in [-0.05, 0) is 38.7 Å². The Kier molecular flexibility index (Phi) is 1.92. The van der Waals surface area contributed by atoms with Gasteiger partial charge in [-0.1, -0.05) is 66.8 Å². The molecule has 0 heteroatoms. The van der Waals surface area contributed by atoms with Crippen molar-refractivity contribution in [3.8, 4) is 0 Å². The van der Waals surface area contributed by atoms with Crippen LogP contribution >= 0.6 is 0 Å². The van der Waals surface area contributed by atoms with Crippen molar-refractivity contribution in [2.45, 2.75) is 0 Å². The summed E-state index contributed by atoms with van der Waals surface area (Å²) in [6, 6.07) is 17.4. The maximum Gasteiger partial charge on any atom is -0.00324 e. The monoisotopic (exact) mass is 228 g/mol. The zero-order valence-electron chi connectivity index (χ0n) is 9.93. The zero-order chi connectivity index (χ0) is 11.9. The van der Waals surface area contributed by atoms with Crippen molar-refractivity contribution < 1.29 is 0 Å². The van der Waals surface area contributed by atoms with E-state index in [1.807, 2.05) is 0 Å². The van der Waals surface area contributed by atoms with E-state index in [4.69, 9.17) is 0 Å². The van der Waals surface area contributed by atoms with Crippen LogP contribution in [-0.4, -0.2) is 0 Å². The van der Waals surface area contributed by atoms with Gasteiger partial charge in [-0.25, -0.2) is 0 Å². The van der Waals surface area contributed by atoms with Gasteiger partial charge in [0, 0.05) is 0 Å². The second-order valence-electron chi connectivity index (χ2n) is 4.67. The fraction of sp³-hybridized carbons (Fsp3) is 0. The summed E-state index contributed by atoms with van der Waals surface area (Å²) in [4.78, 5) is 0. The van der Waals surface area contributed by atoms with Crippen LogP contribution < -0.4 is 0 Å². The van der Waals surface area contributed by atoms with Gasteiger partial charge in [0.1, 0.15) is 0 Å². The van der Waals surface area contributed by atoms with Crippen LogP contribution in [0.5, 0.6) is 0 Å². The second-order valence-corrected chi connectivity index (χ2v) is 4.67. The lowest BCUT2D eigenvalue weighted by Crippen LogP contribution is -1.85. The first-order valence-electron chi connectivity index (χ1n) is 6.23. The highest BCUT2D eigenvalue weighted by atomic mass is 14.1. The van der Waals surface area contributed by atoms with E-state index in [0.29, 0.717) is 0 Å². The van der Waals surface area contributed by atoms with E-state index in [-0.39, 0.29) is 0 Å². The molecule has 3 aromatic rings. The lowest BCUT2D eigenvalue weighted by Gasteiger charge is -2.09. The van der Waals surface area contributed by atoms with Gasteiger partial charge >= 0.3 is 0 Å². The standard InChI is InChI=1S/C18H12/c1-2-8-15-12-14-7-3-4-10-16(14)17-11-5-9-13(6-1)18(15)17/h1-12H. The van der Waals surface area contributed by atoms with Crippen molar-refractivity contribution in [2.75, 3.05) is 0 Å². The molecule has 1 aliphatic carbocycles. The summed E-state index contributed by atoms with van der Waals surface area (Å²) in [5.41, 5.74) is 2.61. The van der Waals surface area contributed by atoms with Crippen LogP contribution in [0.2, 0.25) is 0 Å². The van der Waals surface area contributed by atoms with Gasteiger partial charge in [-0.2, -0.15) is 0 Å². The Hall–Kier alpha value is -2.34. The average molecular weight is 228 g/mol. The summed E-state index contributed by atoms with van der Waals surface area (Å²) in [5.74, 6) is 0. The molecular formula is C18H12. The van der Waals surface area contributed by atoms with Crippen molar-refractivity contribution in [1.82, 2.24) is 0 Å². The third-order valence-electron chi connectivity index (χ3n) is 3.61. The Labute approximate surface area is 106 Å². The fourth-order valence-corrected chi connectivity index (χ4v) is 2.81. The minimum Gasteiger partial charge on any atom is -0.0616 e. The molecule has 0 nitrogen and oxygen atoms in total. The Bertz CT molecular complexity index is 820. The molecule has 0 heterocycles. The fourth-order valence-electron chi connectivity index (χ4n) is 2.81. The van der Waals surface area contributed by atoms with Crippen LogP contribution in [0, 0.1) is 0 Å². The minimum atomic E-state index is 1.30. The van der Waals surface area contributed by atoms with E-state index >= 15 is 0 Å². The maximum absolute atomic E-state index is 2.28. The summed E-state index contributed by atoms with van der Waals surface area (Å²) in [7, 11) is 0. The van der Waals surface area contributed by atoms with E-state index in [2.05, 4.69) is 72.8 Å². The summed E-state index contributed by atoms with van der Waals surface area (Å²) < 4.78 is 0. The molecular weight excluding hydrogens is 216 g/mol. The molecule has 0 fully saturated rings. The lowest BCUT2D eigenvalue weighted by atomic mass is 9.94. The number of benzene rings is 3. The molecule has 0 aromatic heterocycles. The summed E-state index contributed by atoms with van der Waals surface area (Å²) in [6.07, 6.45) is 8.61. The summed E-state index contributed by atoms with van der Waals surface area (Å²) in [6.45, 7) is 0. The van der Waals surface area contributed by atoms with E-state index < -0.39 is 0 Å². The molecule has 4 rings (SSSR count). The van der Waals surface area contributed by atoms with Gasteiger partial charge in [0.05, 0.1) is 0 Å². The molecule has 0 bridgehead atoms. The van der Waals surface area contributed by atoms with E-state index in [1.165, 1.54) is 32.7 Å². The lowest BCUT2D eigenvalue weighted by molar-refractivity contribution is 1.72. The first kappa shape index (κ1) is 9.67. The quantitative estimate of drug-likeness (QED) is 0.473. The van der Waals surface area contributed by atoms with Crippen molar-refractivity contribution in [3.63, 3.8) is 0 Å². The van der Waals surface area contributed by atoms with Crippen LogP contribution in [0.25, 0.3) is 33.7 Å². The third kappa shape index (κ3) is 1.26. The number of fused-ring (bicyclic) bond motifs is 2. The highest BCUT2D eigenvalue weighted by molar-refractivity contribution is 6.13. The van der Waals surface area contributed by atoms with Gasteiger partial charge in [0.15, 0.2) is 0 Å². The molecule has 0 amide bonds. The molecule has 0 unspecified atom stereocenters. The smallest absolute Gasteiger partial charge is 0.00324 e. The van der Waals surface area contributed by atoms with Gasteiger partial charge in [0.25, 0.3) is 0 Å².